The van der Waals surface area contributed by atoms with Crippen LogP contribution in [0.4, 0.5) is 0 Å². The number of rotatable bonds is 4. The Hall–Kier alpha value is -1.88. The molecule has 2 rings (SSSR count). The number of benzene rings is 1. The monoisotopic (exact) mass is 316 g/mol. The van der Waals surface area contributed by atoms with Crippen molar-refractivity contribution in [2.45, 2.75) is 13.3 Å². The molecule has 0 saturated carbocycles. The third kappa shape index (κ3) is 4.31. The topological polar surface area (TPSA) is 31.7 Å². The molecule has 0 aliphatic rings. The van der Waals surface area contributed by atoms with E-state index in [1.54, 1.807) is 11.3 Å². The SMILES string of the molecule is Cc1nc(-c2ccc(CCN=C(N(C)C)N(C)C)cc2)cs1. The summed E-state index contributed by atoms with van der Waals surface area (Å²) in [6, 6.07) is 8.63. The Morgan fingerprint density at radius 2 is 1.73 bits per heavy atom. The molecule has 0 saturated heterocycles. The number of nitrogens with zero attached hydrogens (tertiary/aromatic N) is 4. The fourth-order valence-corrected chi connectivity index (χ4v) is 2.93. The van der Waals surface area contributed by atoms with Gasteiger partial charge in [-0.15, -0.1) is 11.3 Å². The van der Waals surface area contributed by atoms with Crippen molar-refractivity contribution in [1.82, 2.24) is 14.8 Å². The van der Waals surface area contributed by atoms with Crippen LogP contribution < -0.4 is 0 Å². The zero-order chi connectivity index (χ0) is 16.1. The lowest BCUT2D eigenvalue weighted by molar-refractivity contribution is 0.479. The first-order valence-electron chi connectivity index (χ1n) is 7.38. The van der Waals surface area contributed by atoms with E-state index in [-0.39, 0.29) is 0 Å². The van der Waals surface area contributed by atoms with Gasteiger partial charge in [-0.2, -0.15) is 0 Å². The number of aryl methyl sites for hydroxylation is 1. The van der Waals surface area contributed by atoms with Gasteiger partial charge in [-0.05, 0) is 18.9 Å². The number of aromatic nitrogens is 1. The number of hydrogen-bond acceptors (Lipinski definition) is 3. The Kier molecular flexibility index (Phi) is 5.55. The van der Waals surface area contributed by atoms with E-state index in [2.05, 4.69) is 39.6 Å². The highest BCUT2D eigenvalue weighted by Crippen LogP contribution is 2.21. The molecule has 118 valence electrons. The Bertz CT molecular complexity index is 616. The van der Waals surface area contributed by atoms with Crippen molar-refractivity contribution in [2.75, 3.05) is 34.7 Å². The molecule has 0 N–H and O–H groups in total. The molecule has 22 heavy (non-hydrogen) atoms. The van der Waals surface area contributed by atoms with Crippen LogP contribution in [-0.2, 0) is 6.42 Å². The summed E-state index contributed by atoms with van der Waals surface area (Å²) in [5, 5.41) is 3.21. The van der Waals surface area contributed by atoms with Crippen LogP contribution in [0.25, 0.3) is 11.3 Å². The highest BCUT2D eigenvalue weighted by atomic mass is 32.1. The maximum absolute atomic E-state index is 4.66. The molecule has 0 atom stereocenters. The zero-order valence-corrected chi connectivity index (χ0v) is 14.8. The van der Waals surface area contributed by atoms with Gasteiger partial charge in [0.05, 0.1) is 10.7 Å². The first-order valence-corrected chi connectivity index (χ1v) is 8.26. The number of aliphatic imine (C=N–C) groups is 1. The summed E-state index contributed by atoms with van der Waals surface area (Å²) in [4.78, 5) is 13.3. The summed E-state index contributed by atoms with van der Waals surface area (Å²) in [5.74, 6) is 0.995. The van der Waals surface area contributed by atoms with Gasteiger partial charge in [-0.1, -0.05) is 24.3 Å². The molecule has 0 bridgehead atoms. The minimum absolute atomic E-state index is 0.793. The summed E-state index contributed by atoms with van der Waals surface area (Å²) in [6.45, 7) is 2.83. The summed E-state index contributed by atoms with van der Waals surface area (Å²) >= 11 is 1.69. The van der Waals surface area contributed by atoms with Gasteiger partial charge in [0.2, 0.25) is 0 Å². The van der Waals surface area contributed by atoms with E-state index in [1.807, 2.05) is 44.9 Å². The van der Waals surface area contributed by atoms with Crippen LogP contribution in [0.5, 0.6) is 0 Å². The second kappa shape index (κ2) is 7.40. The van der Waals surface area contributed by atoms with E-state index >= 15 is 0 Å². The van der Waals surface area contributed by atoms with Crippen LogP contribution in [-0.4, -0.2) is 55.5 Å². The number of thiazole rings is 1. The lowest BCUT2D eigenvalue weighted by Gasteiger charge is -2.22. The largest absolute Gasteiger partial charge is 0.349 e. The molecule has 0 fully saturated rings. The first-order chi connectivity index (χ1) is 10.5. The average Bonchev–Trinajstić information content (AvgIpc) is 2.90. The Morgan fingerprint density at radius 3 is 2.23 bits per heavy atom. The van der Waals surface area contributed by atoms with E-state index in [9.17, 15) is 0 Å². The smallest absolute Gasteiger partial charge is 0.195 e. The van der Waals surface area contributed by atoms with Crippen molar-refractivity contribution in [1.29, 1.82) is 0 Å². The highest BCUT2D eigenvalue weighted by molar-refractivity contribution is 7.09. The second-order valence-corrected chi connectivity index (χ2v) is 6.73. The lowest BCUT2D eigenvalue weighted by atomic mass is 10.1. The normalized spacial score (nSPS) is 10.4. The van der Waals surface area contributed by atoms with Gasteiger partial charge in [0, 0.05) is 45.7 Å². The predicted octanol–water partition coefficient (Wildman–Crippen LogP) is 3.14. The summed E-state index contributed by atoms with van der Waals surface area (Å²) in [5.41, 5.74) is 3.55. The number of guanidine groups is 1. The quantitative estimate of drug-likeness (QED) is 0.641. The average molecular weight is 316 g/mol. The summed E-state index contributed by atoms with van der Waals surface area (Å²) < 4.78 is 0. The summed E-state index contributed by atoms with van der Waals surface area (Å²) in [7, 11) is 8.07. The van der Waals surface area contributed by atoms with Gasteiger partial charge in [0.1, 0.15) is 0 Å². The van der Waals surface area contributed by atoms with E-state index < -0.39 is 0 Å². The molecule has 0 unspecified atom stereocenters. The maximum atomic E-state index is 4.66. The van der Waals surface area contributed by atoms with E-state index in [0.29, 0.717) is 0 Å². The third-order valence-electron chi connectivity index (χ3n) is 3.32. The standard InChI is InChI=1S/C17H24N4S/c1-13-19-16(12-22-13)15-8-6-14(7-9-15)10-11-18-17(20(2)3)21(4)5/h6-9,12H,10-11H2,1-5H3. The molecule has 0 spiro atoms. The summed E-state index contributed by atoms with van der Waals surface area (Å²) in [6.07, 6.45) is 0.946. The molecule has 0 aliphatic heterocycles. The van der Waals surface area contributed by atoms with Gasteiger partial charge in [0.25, 0.3) is 0 Å². The van der Waals surface area contributed by atoms with Crippen LogP contribution in [0, 0.1) is 6.92 Å². The van der Waals surface area contributed by atoms with Crippen molar-refractivity contribution in [3.8, 4) is 11.3 Å². The molecule has 0 amide bonds. The number of hydrogen-bond donors (Lipinski definition) is 0. The van der Waals surface area contributed by atoms with Crippen molar-refractivity contribution >= 4 is 17.3 Å². The second-order valence-electron chi connectivity index (χ2n) is 5.67. The third-order valence-corrected chi connectivity index (χ3v) is 4.10. The lowest BCUT2D eigenvalue weighted by Crippen LogP contribution is -2.35. The van der Waals surface area contributed by atoms with Crippen molar-refractivity contribution in [3.63, 3.8) is 0 Å². The maximum Gasteiger partial charge on any atom is 0.195 e. The minimum Gasteiger partial charge on any atom is -0.349 e. The van der Waals surface area contributed by atoms with Gasteiger partial charge < -0.3 is 9.80 Å². The molecule has 1 aromatic heterocycles. The Balaban J connectivity index is 1.98. The van der Waals surface area contributed by atoms with Crippen LogP contribution in [0.15, 0.2) is 34.6 Å². The van der Waals surface area contributed by atoms with Gasteiger partial charge >= 0.3 is 0 Å². The van der Waals surface area contributed by atoms with Crippen LogP contribution >= 0.6 is 11.3 Å². The predicted molar refractivity (Wildman–Crippen MR) is 95.7 cm³/mol. The van der Waals surface area contributed by atoms with Crippen molar-refractivity contribution in [3.05, 3.63) is 40.2 Å². The van der Waals surface area contributed by atoms with E-state index in [4.69, 9.17) is 0 Å². The van der Waals surface area contributed by atoms with Crippen LogP contribution in [0.1, 0.15) is 10.6 Å². The fraction of sp³-hybridized carbons (Fsp3) is 0.412. The van der Waals surface area contributed by atoms with Gasteiger partial charge in [-0.25, -0.2) is 4.98 Å². The highest BCUT2D eigenvalue weighted by Gasteiger charge is 2.04. The Labute approximate surface area is 137 Å². The molecular formula is C17H24N4S. The fourth-order valence-electron chi connectivity index (χ4n) is 2.31. The zero-order valence-electron chi connectivity index (χ0n) is 14.0. The van der Waals surface area contributed by atoms with Crippen LogP contribution in [0.3, 0.4) is 0 Å². The first kappa shape index (κ1) is 16.5. The molecule has 1 heterocycles. The van der Waals surface area contributed by atoms with Crippen LogP contribution in [0.2, 0.25) is 0 Å². The minimum atomic E-state index is 0.793. The van der Waals surface area contributed by atoms with Crippen molar-refractivity contribution < 1.29 is 0 Å². The molecule has 1 aromatic carbocycles. The molecular weight excluding hydrogens is 292 g/mol. The van der Waals surface area contributed by atoms with Gasteiger partial charge in [-0.3, -0.25) is 4.99 Å². The molecule has 5 heteroatoms. The molecule has 0 aliphatic carbocycles. The van der Waals surface area contributed by atoms with E-state index in [1.165, 1.54) is 11.1 Å². The van der Waals surface area contributed by atoms with Gasteiger partial charge in [0.15, 0.2) is 5.96 Å². The molecule has 4 nitrogen and oxygen atoms in total. The Morgan fingerprint density at radius 1 is 1.09 bits per heavy atom. The molecule has 0 radical (unpaired) electrons. The van der Waals surface area contributed by atoms with E-state index in [0.717, 1.165) is 29.6 Å². The molecule has 2 aromatic rings. The van der Waals surface area contributed by atoms with Crippen molar-refractivity contribution in [2.24, 2.45) is 4.99 Å².